The van der Waals surface area contributed by atoms with Crippen LogP contribution in [0.2, 0.25) is 5.02 Å². The number of carbonyl (C=O) groups is 1. The van der Waals surface area contributed by atoms with Crippen LogP contribution < -0.4 is 10.0 Å². The predicted octanol–water partition coefficient (Wildman–Crippen LogP) is 5.68. The van der Waals surface area contributed by atoms with Crippen molar-refractivity contribution in [2.75, 3.05) is 10.0 Å². The highest BCUT2D eigenvalue weighted by Crippen LogP contribution is 2.25. The second-order valence-corrected chi connectivity index (χ2v) is 9.40. The summed E-state index contributed by atoms with van der Waals surface area (Å²) in [5, 5.41) is 2.86. The molecule has 172 valence electrons. The Labute approximate surface area is 200 Å². The number of nitrogens with one attached hydrogen (secondary N) is 2. The number of hydrogen-bond donors (Lipinski definition) is 2. The van der Waals surface area contributed by atoms with Crippen molar-refractivity contribution in [3.63, 3.8) is 0 Å². The quantitative estimate of drug-likeness (QED) is 0.319. The molecule has 0 fully saturated rings. The largest absolute Gasteiger partial charge is 0.340 e. The zero-order valence-electron chi connectivity index (χ0n) is 17.8. The lowest BCUT2D eigenvalue weighted by Crippen LogP contribution is -2.13. The van der Waals surface area contributed by atoms with Gasteiger partial charge in [0.2, 0.25) is 0 Å². The standard InChI is InChI=1S/C24H18ClFN4O3S/c1-15(31)16-2-4-17(5-3-16)23-13-24(28-14-27-23)29-18-6-8-19(9-7-18)30-34(32,33)20-10-11-22(26)21(25)12-20/h2-14,30H,1H3,(H,27,28,29). The van der Waals surface area contributed by atoms with E-state index in [4.69, 9.17) is 11.6 Å². The summed E-state index contributed by atoms with van der Waals surface area (Å²) in [7, 11) is -3.93. The molecule has 2 N–H and O–H groups in total. The molecule has 3 aromatic carbocycles. The second kappa shape index (κ2) is 9.58. The molecule has 1 aromatic heterocycles. The van der Waals surface area contributed by atoms with Crippen LogP contribution in [0.25, 0.3) is 11.3 Å². The zero-order chi connectivity index (χ0) is 24.3. The van der Waals surface area contributed by atoms with Gasteiger partial charge in [0.25, 0.3) is 10.0 Å². The Balaban J connectivity index is 1.47. The summed E-state index contributed by atoms with van der Waals surface area (Å²) in [6.45, 7) is 1.51. The first-order valence-electron chi connectivity index (χ1n) is 10.00. The van der Waals surface area contributed by atoms with Crippen molar-refractivity contribution in [2.24, 2.45) is 0 Å². The number of anilines is 3. The molecule has 0 bridgehead atoms. The summed E-state index contributed by atoms with van der Waals surface area (Å²) in [5.41, 5.74) is 3.12. The summed E-state index contributed by atoms with van der Waals surface area (Å²) >= 11 is 5.69. The molecule has 0 saturated carbocycles. The maximum absolute atomic E-state index is 13.3. The lowest BCUT2D eigenvalue weighted by atomic mass is 10.1. The van der Waals surface area contributed by atoms with E-state index in [2.05, 4.69) is 20.0 Å². The highest BCUT2D eigenvalue weighted by Gasteiger charge is 2.16. The molecule has 10 heteroatoms. The van der Waals surface area contributed by atoms with Gasteiger partial charge in [-0.05, 0) is 49.4 Å². The van der Waals surface area contributed by atoms with Crippen LogP contribution in [-0.2, 0) is 10.0 Å². The van der Waals surface area contributed by atoms with Gasteiger partial charge in [-0.15, -0.1) is 0 Å². The van der Waals surface area contributed by atoms with E-state index in [1.165, 1.54) is 13.3 Å². The van der Waals surface area contributed by atoms with Crippen LogP contribution in [0.3, 0.4) is 0 Å². The molecule has 0 amide bonds. The van der Waals surface area contributed by atoms with Crippen LogP contribution in [0.1, 0.15) is 17.3 Å². The number of sulfonamides is 1. The topological polar surface area (TPSA) is 101 Å². The van der Waals surface area contributed by atoms with Crippen LogP contribution >= 0.6 is 11.6 Å². The minimum absolute atomic E-state index is 0.0104. The Bertz CT molecular complexity index is 1460. The SMILES string of the molecule is CC(=O)c1ccc(-c2cc(Nc3ccc(NS(=O)(=O)c4ccc(F)c(Cl)c4)cc3)ncn2)cc1. The number of halogens is 2. The molecule has 0 saturated heterocycles. The summed E-state index contributed by atoms with van der Waals surface area (Å²) in [4.78, 5) is 19.8. The smallest absolute Gasteiger partial charge is 0.261 e. The van der Waals surface area contributed by atoms with E-state index >= 15 is 0 Å². The van der Waals surface area contributed by atoms with Crippen LogP contribution in [-0.4, -0.2) is 24.2 Å². The lowest BCUT2D eigenvalue weighted by Gasteiger charge is -2.11. The molecule has 4 aromatic rings. The Morgan fingerprint density at radius 2 is 1.59 bits per heavy atom. The molecule has 0 spiro atoms. The van der Waals surface area contributed by atoms with Crippen molar-refractivity contribution in [1.29, 1.82) is 0 Å². The minimum atomic E-state index is -3.93. The zero-order valence-corrected chi connectivity index (χ0v) is 19.4. The van der Waals surface area contributed by atoms with Gasteiger partial charge in [0.1, 0.15) is 18.0 Å². The predicted molar refractivity (Wildman–Crippen MR) is 129 cm³/mol. The number of ketones is 1. The molecular weight excluding hydrogens is 479 g/mol. The van der Waals surface area contributed by atoms with Crippen molar-refractivity contribution in [1.82, 2.24) is 9.97 Å². The van der Waals surface area contributed by atoms with Gasteiger partial charge in [-0.2, -0.15) is 0 Å². The monoisotopic (exact) mass is 496 g/mol. The highest BCUT2D eigenvalue weighted by molar-refractivity contribution is 7.92. The summed E-state index contributed by atoms with van der Waals surface area (Å²) in [6, 6.07) is 18.6. The minimum Gasteiger partial charge on any atom is -0.340 e. The van der Waals surface area contributed by atoms with Gasteiger partial charge >= 0.3 is 0 Å². The third kappa shape index (κ3) is 5.38. The number of rotatable bonds is 7. The fourth-order valence-corrected chi connectivity index (χ4v) is 4.42. The van der Waals surface area contributed by atoms with Gasteiger partial charge < -0.3 is 5.32 Å². The van der Waals surface area contributed by atoms with E-state index in [0.717, 1.165) is 23.8 Å². The normalized spacial score (nSPS) is 11.1. The van der Waals surface area contributed by atoms with E-state index in [1.54, 1.807) is 42.5 Å². The van der Waals surface area contributed by atoms with Crippen LogP contribution in [0.4, 0.5) is 21.6 Å². The van der Waals surface area contributed by atoms with E-state index in [1.807, 2.05) is 12.1 Å². The van der Waals surface area contributed by atoms with E-state index in [-0.39, 0.29) is 15.7 Å². The Morgan fingerprint density at radius 1 is 0.912 bits per heavy atom. The molecule has 0 radical (unpaired) electrons. The lowest BCUT2D eigenvalue weighted by molar-refractivity contribution is 0.101. The van der Waals surface area contributed by atoms with E-state index < -0.39 is 15.8 Å². The Morgan fingerprint density at radius 3 is 2.24 bits per heavy atom. The maximum atomic E-state index is 13.3. The number of nitrogens with zero attached hydrogens (tertiary/aromatic N) is 2. The molecule has 0 aliphatic rings. The fraction of sp³-hybridized carbons (Fsp3) is 0.0417. The first-order chi connectivity index (χ1) is 16.2. The molecule has 0 aliphatic heterocycles. The molecule has 1 heterocycles. The molecule has 34 heavy (non-hydrogen) atoms. The first kappa shape index (κ1) is 23.3. The highest BCUT2D eigenvalue weighted by atomic mass is 35.5. The first-order valence-corrected chi connectivity index (χ1v) is 11.9. The van der Waals surface area contributed by atoms with Crippen molar-refractivity contribution in [3.05, 3.63) is 95.5 Å². The molecule has 7 nitrogen and oxygen atoms in total. The average molecular weight is 497 g/mol. The number of aromatic nitrogens is 2. The third-order valence-corrected chi connectivity index (χ3v) is 6.53. The van der Waals surface area contributed by atoms with Crippen LogP contribution in [0.5, 0.6) is 0 Å². The second-order valence-electron chi connectivity index (χ2n) is 7.31. The van der Waals surface area contributed by atoms with Crippen molar-refractivity contribution < 1.29 is 17.6 Å². The van der Waals surface area contributed by atoms with Crippen LogP contribution in [0, 0.1) is 5.82 Å². The molecule has 0 unspecified atom stereocenters. The molecular formula is C24H18ClFN4O3S. The van der Waals surface area contributed by atoms with E-state index in [9.17, 15) is 17.6 Å². The van der Waals surface area contributed by atoms with Crippen LogP contribution in [0.15, 0.2) is 84.0 Å². The van der Waals surface area contributed by atoms with Crippen molar-refractivity contribution in [2.45, 2.75) is 11.8 Å². The van der Waals surface area contributed by atoms with Gasteiger partial charge in [0.05, 0.1) is 15.6 Å². The summed E-state index contributed by atoms with van der Waals surface area (Å²) in [5.74, 6) is -0.171. The number of hydrogen-bond acceptors (Lipinski definition) is 6. The summed E-state index contributed by atoms with van der Waals surface area (Å²) < 4.78 is 40.8. The van der Waals surface area contributed by atoms with Gasteiger partial charge in [-0.25, -0.2) is 22.8 Å². The number of carbonyl (C=O) groups excluding carboxylic acids is 1. The van der Waals surface area contributed by atoms with Crippen molar-refractivity contribution >= 4 is 44.6 Å². The summed E-state index contributed by atoms with van der Waals surface area (Å²) in [6.07, 6.45) is 1.42. The van der Waals surface area contributed by atoms with E-state index in [0.29, 0.717) is 28.5 Å². The van der Waals surface area contributed by atoms with Gasteiger partial charge in [0, 0.05) is 28.6 Å². The Kier molecular flexibility index (Phi) is 6.58. The maximum Gasteiger partial charge on any atom is 0.261 e. The Hall–Kier alpha value is -3.82. The fourth-order valence-electron chi connectivity index (χ4n) is 3.09. The van der Waals surface area contributed by atoms with Gasteiger partial charge in [-0.3, -0.25) is 9.52 Å². The molecule has 0 aliphatic carbocycles. The molecule has 4 rings (SSSR count). The number of Topliss-reactive ketones (excluding diaryl/α,β-unsaturated/α-hetero) is 1. The van der Waals surface area contributed by atoms with Crippen molar-refractivity contribution in [3.8, 4) is 11.3 Å². The average Bonchev–Trinajstić information content (AvgIpc) is 2.82. The third-order valence-electron chi connectivity index (χ3n) is 4.87. The van der Waals surface area contributed by atoms with Gasteiger partial charge in [-0.1, -0.05) is 35.9 Å². The van der Waals surface area contributed by atoms with Gasteiger partial charge in [0.15, 0.2) is 5.78 Å². The number of benzene rings is 3. The molecule has 0 atom stereocenters.